The monoisotopic (exact) mass is 185 g/mol. The van der Waals surface area contributed by atoms with Gasteiger partial charge in [-0.25, -0.2) is 13.6 Å². The molecule has 0 aliphatic rings. The third kappa shape index (κ3) is 2.06. The van der Waals surface area contributed by atoms with Gasteiger partial charge in [-0.05, 0) is 12.5 Å². The zero-order valence-electron chi connectivity index (χ0n) is 6.77. The van der Waals surface area contributed by atoms with Gasteiger partial charge in [0.05, 0.1) is 5.25 Å². The van der Waals surface area contributed by atoms with Gasteiger partial charge in [-0.2, -0.15) is 0 Å². The molecular formula is C8H11NO2S. The van der Waals surface area contributed by atoms with E-state index in [0.717, 1.165) is 5.56 Å². The minimum atomic E-state index is -3.46. The number of rotatable bonds is 2. The van der Waals surface area contributed by atoms with Crippen molar-refractivity contribution in [3.63, 3.8) is 0 Å². The first-order valence-corrected chi connectivity index (χ1v) is 5.19. The van der Waals surface area contributed by atoms with E-state index in [4.69, 9.17) is 5.14 Å². The third-order valence-electron chi connectivity index (χ3n) is 1.76. The quantitative estimate of drug-likeness (QED) is 0.748. The van der Waals surface area contributed by atoms with E-state index < -0.39 is 15.3 Å². The van der Waals surface area contributed by atoms with E-state index in [1.165, 1.54) is 0 Å². The topological polar surface area (TPSA) is 60.2 Å². The van der Waals surface area contributed by atoms with Crippen LogP contribution in [0.25, 0.3) is 0 Å². The minimum Gasteiger partial charge on any atom is -0.228 e. The van der Waals surface area contributed by atoms with Crippen molar-refractivity contribution in [1.29, 1.82) is 0 Å². The maximum absolute atomic E-state index is 10.9. The van der Waals surface area contributed by atoms with Gasteiger partial charge in [0.15, 0.2) is 0 Å². The second kappa shape index (κ2) is 3.25. The molecule has 0 bridgehead atoms. The van der Waals surface area contributed by atoms with Crippen molar-refractivity contribution in [1.82, 2.24) is 0 Å². The lowest BCUT2D eigenvalue weighted by molar-refractivity contribution is 0.588. The first-order valence-electron chi connectivity index (χ1n) is 3.58. The maximum atomic E-state index is 10.9. The fourth-order valence-corrected chi connectivity index (χ4v) is 1.45. The lowest BCUT2D eigenvalue weighted by atomic mass is 10.2. The molecule has 1 rings (SSSR count). The highest BCUT2D eigenvalue weighted by atomic mass is 32.2. The van der Waals surface area contributed by atoms with Crippen LogP contribution in [0.2, 0.25) is 0 Å². The molecule has 0 saturated carbocycles. The van der Waals surface area contributed by atoms with E-state index in [0.29, 0.717) is 0 Å². The normalized spacial score (nSPS) is 14.2. The van der Waals surface area contributed by atoms with Gasteiger partial charge in [-0.1, -0.05) is 30.3 Å². The molecule has 12 heavy (non-hydrogen) atoms. The maximum Gasteiger partial charge on any atom is 0.215 e. The summed E-state index contributed by atoms with van der Waals surface area (Å²) in [6, 6.07) is 8.90. The fraction of sp³-hybridized carbons (Fsp3) is 0.250. The number of hydrogen-bond acceptors (Lipinski definition) is 2. The van der Waals surface area contributed by atoms with Gasteiger partial charge >= 0.3 is 0 Å². The molecule has 0 fully saturated rings. The Morgan fingerprint density at radius 2 is 1.75 bits per heavy atom. The molecule has 1 aromatic carbocycles. The SMILES string of the molecule is C[C@H](c1ccccc1)S(N)(=O)=O. The van der Waals surface area contributed by atoms with Crippen LogP contribution in [0, 0.1) is 0 Å². The zero-order chi connectivity index (χ0) is 9.19. The summed E-state index contributed by atoms with van der Waals surface area (Å²) in [6.07, 6.45) is 0. The molecule has 2 N–H and O–H groups in total. The van der Waals surface area contributed by atoms with E-state index in [-0.39, 0.29) is 0 Å². The molecule has 1 aromatic rings. The van der Waals surface area contributed by atoms with Crippen LogP contribution in [0.3, 0.4) is 0 Å². The van der Waals surface area contributed by atoms with Gasteiger partial charge in [0, 0.05) is 0 Å². The number of benzene rings is 1. The number of sulfonamides is 1. The molecule has 0 aliphatic heterocycles. The molecule has 0 radical (unpaired) electrons. The summed E-state index contributed by atoms with van der Waals surface area (Å²) in [7, 11) is -3.46. The van der Waals surface area contributed by atoms with Crippen molar-refractivity contribution in [2.24, 2.45) is 5.14 Å². The van der Waals surface area contributed by atoms with E-state index in [9.17, 15) is 8.42 Å². The van der Waals surface area contributed by atoms with Gasteiger partial charge < -0.3 is 0 Å². The van der Waals surface area contributed by atoms with Gasteiger partial charge in [0.2, 0.25) is 10.0 Å². The van der Waals surface area contributed by atoms with Crippen LogP contribution in [0.4, 0.5) is 0 Å². The molecule has 4 heteroatoms. The molecule has 0 aliphatic carbocycles. The number of primary sulfonamides is 1. The Labute approximate surface area is 72.3 Å². The van der Waals surface area contributed by atoms with Crippen molar-refractivity contribution < 1.29 is 8.42 Å². The van der Waals surface area contributed by atoms with Gasteiger partial charge in [0.1, 0.15) is 0 Å². The summed E-state index contributed by atoms with van der Waals surface area (Å²) >= 11 is 0. The Hall–Kier alpha value is -0.870. The zero-order valence-corrected chi connectivity index (χ0v) is 7.58. The predicted octanol–water partition coefficient (Wildman–Crippen LogP) is 1.04. The molecule has 66 valence electrons. The average Bonchev–Trinajstić information content (AvgIpc) is 2.03. The van der Waals surface area contributed by atoms with Crippen molar-refractivity contribution in [3.05, 3.63) is 35.9 Å². The van der Waals surface area contributed by atoms with Crippen LogP contribution < -0.4 is 5.14 Å². The van der Waals surface area contributed by atoms with E-state index in [1.54, 1.807) is 31.2 Å². The Kier molecular flexibility index (Phi) is 2.49. The summed E-state index contributed by atoms with van der Waals surface area (Å²) in [5, 5.41) is 4.36. The lowest BCUT2D eigenvalue weighted by Crippen LogP contribution is -2.19. The Morgan fingerprint density at radius 1 is 1.25 bits per heavy atom. The predicted molar refractivity (Wildman–Crippen MR) is 48.0 cm³/mol. The van der Waals surface area contributed by atoms with Crippen LogP contribution in [0.15, 0.2) is 30.3 Å². The van der Waals surface area contributed by atoms with E-state index >= 15 is 0 Å². The first-order chi connectivity index (χ1) is 5.52. The third-order valence-corrected chi connectivity index (χ3v) is 3.02. The summed E-state index contributed by atoms with van der Waals surface area (Å²) < 4.78 is 21.8. The van der Waals surface area contributed by atoms with E-state index in [1.807, 2.05) is 6.07 Å². The number of hydrogen-bond donors (Lipinski definition) is 1. The molecule has 0 spiro atoms. The molecule has 0 aromatic heterocycles. The molecule has 1 atom stereocenters. The highest BCUT2D eigenvalue weighted by Gasteiger charge is 2.16. The average molecular weight is 185 g/mol. The van der Waals surface area contributed by atoms with Crippen molar-refractivity contribution in [2.45, 2.75) is 12.2 Å². The summed E-state index contributed by atoms with van der Waals surface area (Å²) in [5.41, 5.74) is 0.722. The second-order valence-corrected chi connectivity index (χ2v) is 4.53. The van der Waals surface area contributed by atoms with Crippen LogP contribution in [-0.4, -0.2) is 8.42 Å². The van der Waals surface area contributed by atoms with Crippen molar-refractivity contribution in [3.8, 4) is 0 Å². The Bertz CT molecular complexity index is 345. The summed E-state index contributed by atoms with van der Waals surface area (Å²) in [4.78, 5) is 0. The Morgan fingerprint density at radius 3 is 2.17 bits per heavy atom. The van der Waals surface area contributed by atoms with Crippen molar-refractivity contribution >= 4 is 10.0 Å². The van der Waals surface area contributed by atoms with Crippen molar-refractivity contribution in [2.75, 3.05) is 0 Å². The smallest absolute Gasteiger partial charge is 0.215 e. The minimum absolute atomic E-state index is 0.626. The first kappa shape index (κ1) is 9.22. The largest absolute Gasteiger partial charge is 0.228 e. The lowest BCUT2D eigenvalue weighted by Gasteiger charge is -2.07. The van der Waals surface area contributed by atoms with E-state index in [2.05, 4.69) is 0 Å². The highest BCUT2D eigenvalue weighted by molar-refractivity contribution is 7.89. The number of nitrogens with two attached hydrogens (primary N) is 1. The molecule has 3 nitrogen and oxygen atoms in total. The van der Waals surface area contributed by atoms with Crippen LogP contribution >= 0.6 is 0 Å². The standard InChI is InChI=1S/C8H11NO2S/c1-7(12(9,10)11)8-5-3-2-4-6-8/h2-7H,1H3,(H2,9,10,11)/t7-/m1/s1. The van der Waals surface area contributed by atoms with Crippen LogP contribution in [0.5, 0.6) is 0 Å². The molecule has 0 unspecified atom stereocenters. The van der Waals surface area contributed by atoms with Gasteiger partial charge in [-0.3, -0.25) is 0 Å². The molecule has 0 amide bonds. The van der Waals surface area contributed by atoms with Crippen LogP contribution in [-0.2, 0) is 10.0 Å². The Balaban J connectivity index is 3.02. The molecule has 0 saturated heterocycles. The van der Waals surface area contributed by atoms with Gasteiger partial charge in [0.25, 0.3) is 0 Å². The van der Waals surface area contributed by atoms with Gasteiger partial charge in [-0.15, -0.1) is 0 Å². The fourth-order valence-electron chi connectivity index (χ4n) is 0.914. The highest BCUT2D eigenvalue weighted by Crippen LogP contribution is 2.17. The summed E-state index contributed by atoms with van der Waals surface area (Å²) in [5.74, 6) is 0. The molecule has 0 heterocycles. The van der Waals surface area contributed by atoms with Crippen LogP contribution in [0.1, 0.15) is 17.7 Å². The second-order valence-electron chi connectivity index (χ2n) is 2.64. The summed E-state index contributed by atoms with van der Waals surface area (Å²) in [6.45, 7) is 1.57. The molecular weight excluding hydrogens is 174 g/mol.